The second-order valence-electron chi connectivity index (χ2n) is 6.36. The summed E-state index contributed by atoms with van der Waals surface area (Å²) in [5.41, 5.74) is 3.18. The van der Waals surface area contributed by atoms with Gasteiger partial charge in [0.2, 0.25) is 11.8 Å². The summed E-state index contributed by atoms with van der Waals surface area (Å²) in [6, 6.07) is 5.64. The summed E-state index contributed by atoms with van der Waals surface area (Å²) in [4.78, 5) is 30.7. The Morgan fingerprint density at radius 3 is 2.83 bits per heavy atom. The van der Waals surface area contributed by atoms with E-state index in [9.17, 15) is 9.59 Å². The maximum Gasteiger partial charge on any atom is 0.243 e. The van der Waals surface area contributed by atoms with Gasteiger partial charge in [-0.05, 0) is 31.4 Å². The molecule has 0 radical (unpaired) electrons. The molecule has 2 aromatic rings. The summed E-state index contributed by atoms with van der Waals surface area (Å²) in [5, 5.41) is 2.95. The second-order valence-corrected chi connectivity index (χ2v) is 6.36. The molecule has 1 aliphatic heterocycles. The number of carbonyl (C=O) groups excluding carboxylic acids is 2. The molecule has 6 heteroatoms. The number of aromatic nitrogens is 2. The lowest BCUT2D eigenvalue weighted by molar-refractivity contribution is -0.137. The predicted octanol–water partition coefficient (Wildman–Crippen LogP) is 1.90. The molecule has 2 amide bonds. The van der Waals surface area contributed by atoms with Crippen molar-refractivity contribution < 1.29 is 9.59 Å². The molecule has 2 heterocycles. The molecular formula is C18H24N4O2. The van der Waals surface area contributed by atoms with Crippen LogP contribution in [-0.2, 0) is 23.2 Å². The number of likely N-dealkylation sites (tertiary alicyclic amines) is 1. The molecule has 1 aromatic heterocycles. The van der Waals surface area contributed by atoms with Crippen molar-refractivity contribution in [2.75, 3.05) is 6.54 Å². The van der Waals surface area contributed by atoms with Gasteiger partial charge >= 0.3 is 0 Å². The van der Waals surface area contributed by atoms with Crippen LogP contribution in [-0.4, -0.2) is 38.9 Å². The van der Waals surface area contributed by atoms with E-state index in [1.54, 1.807) is 4.90 Å². The van der Waals surface area contributed by atoms with Gasteiger partial charge in [0.15, 0.2) is 0 Å². The Hall–Kier alpha value is -2.37. The van der Waals surface area contributed by atoms with Crippen LogP contribution in [0.1, 0.15) is 37.6 Å². The minimum Gasteiger partial charge on any atom is -0.347 e. The maximum atomic E-state index is 12.5. The number of nitrogens with zero attached hydrogens (tertiary/aromatic N) is 3. The topological polar surface area (TPSA) is 67.2 Å². The minimum atomic E-state index is -0.378. The third-order valence-corrected chi connectivity index (χ3v) is 4.78. The molecule has 3 rings (SSSR count). The van der Waals surface area contributed by atoms with Crippen LogP contribution in [0.2, 0.25) is 0 Å². The van der Waals surface area contributed by atoms with Crippen LogP contribution in [0.4, 0.5) is 0 Å². The van der Waals surface area contributed by atoms with E-state index in [-0.39, 0.29) is 17.9 Å². The molecule has 1 N–H and O–H groups in total. The van der Waals surface area contributed by atoms with Crippen LogP contribution in [0.25, 0.3) is 11.0 Å². The number of amides is 2. The molecular weight excluding hydrogens is 304 g/mol. The third-order valence-electron chi connectivity index (χ3n) is 4.78. The van der Waals surface area contributed by atoms with Gasteiger partial charge in [-0.1, -0.05) is 19.1 Å². The fourth-order valence-corrected chi connectivity index (χ4v) is 3.50. The molecule has 1 aromatic carbocycles. The Kier molecular flexibility index (Phi) is 4.55. The molecule has 1 aliphatic rings. The lowest BCUT2D eigenvalue weighted by Crippen LogP contribution is -2.47. The Morgan fingerprint density at radius 2 is 2.21 bits per heavy atom. The lowest BCUT2D eigenvalue weighted by atomic mass is 10.2. The molecule has 0 saturated carbocycles. The Bertz CT molecular complexity index is 781. The van der Waals surface area contributed by atoms with E-state index in [4.69, 9.17) is 0 Å². The quantitative estimate of drug-likeness (QED) is 0.911. The molecule has 0 bridgehead atoms. The normalized spacial score (nSPS) is 16.0. The zero-order chi connectivity index (χ0) is 17.3. The highest BCUT2D eigenvalue weighted by Gasteiger charge is 2.31. The lowest BCUT2D eigenvalue weighted by Gasteiger charge is -2.25. The van der Waals surface area contributed by atoms with E-state index < -0.39 is 0 Å². The van der Waals surface area contributed by atoms with Crippen molar-refractivity contribution in [1.29, 1.82) is 0 Å². The first-order valence-electron chi connectivity index (χ1n) is 8.51. The number of benzene rings is 1. The van der Waals surface area contributed by atoms with Gasteiger partial charge in [0.1, 0.15) is 11.9 Å². The second kappa shape index (κ2) is 6.63. The summed E-state index contributed by atoms with van der Waals surface area (Å²) in [7, 11) is 1.96. The standard InChI is InChI=1S/C18H24N4O2/c1-4-14(22-10-6-9-16(22)23)18(24)19-11-15-20-13-8-5-7-12(2)17(13)21(15)3/h5,7-8,14H,4,6,9-11H2,1-3H3,(H,19,24)/t14-/m1/s1. The van der Waals surface area contributed by atoms with Crippen molar-refractivity contribution >= 4 is 22.8 Å². The number of imidazole rings is 1. The Labute approximate surface area is 141 Å². The number of aryl methyl sites for hydroxylation is 2. The van der Waals surface area contributed by atoms with Gasteiger partial charge in [0.05, 0.1) is 17.6 Å². The van der Waals surface area contributed by atoms with Crippen LogP contribution in [0.5, 0.6) is 0 Å². The van der Waals surface area contributed by atoms with Crippen LogP contribution in [0.15, 0.2) is 18.2 Å². The smallest absolute Gasteiger partial charge is 0.243 e. The average molecular weight is 328 g/mol. The number of carbonyl (C=O) groups is 2. The third kappa shape index (κ3) is 2.88. The van der Waals surface area contributed by atoms with Crippen LogP contribution in [0.3, 0.4) is 0 Å². The highest BCUT2D eigenvalue weighted by molar-refractivity contribution is 5.88. The number of fused-ring (bicyclic) bond motifs is 1. The minimum absolute atomic E-state index is 0.0790. The zero-order valence-corrected chi connectivity index (χ0v) is 14.5. The van der Waals surface area contributed by atoms with Crippen LogP contribution >= 0.6 is 0 Å². The summed E-state index contributed by atoms with van der Waals surface area (Å²) >= 11 is 0. The summed E-state index contributed by atoms with van der Waals surface area (Å²) in [6.07, 6.45) is 2.01. The van der Waals surface area contributed by atoms with Crippen molar-refractivity contribution in [2.24, 2.45) is 7.05 Å². The van der Waals surface area contributed by atoms with Gasteiger partial charge in [0.25, 0.3) is 0 Å². The van der Waals surface area contributed by atoms with Gasteiger partial charge in [-0.15, -0.1) is 0 Å². The van der Waals surface area contributed by atoms with Crippen LogP contribution in [0, 0.1) is 6.92 Å². The summed E-state index contributed by atoms with van der Waals surface area (Å²) < 4.78 is 2.02. The SMILES string of the molecule is CC[C@H](C(=O)NCc1nc2cccc(C)c2n1C)N1CCCC1=O. The Morgan fingerprint density at radius 1 is 1.42 bits per heavy atom. The summed E-state index contributed by atoms with van der Waals surface area (Å²) in [5.74, 6) is 0.794. The first kappa shape index (κ1) is 16.5. The highest BCUT2D eigenvalue weighted by Crippen LogP contribution is 2.19. The highest BCUT2D eigenvalue weighted by atomic mass is 16.2. The fraction of sp³-hybridized carbons (Fsp3) is 0.500. The number of hydrogen-bond acceptors (Lipinski definition) is 3. The predicted molar refractivity (Wildman–Crippen MR) is 92.3 cm³/mol. The van der Waals surface area contributed by atoms with E-state index in [0.717, 1.165) is 28.8 Å². The molecule has 24 heavy (non-hydrogen) atoms. The Balaban J connectivity index is 1.73. The molecule has 1 saturated heterocycles. The van der Waals surface area contributed by atoms with Crippen molar-refractivity contribution in [3.8, 4) is 0 Å². The number of hydrogen-bond donors (Lipinski definition) is 1. The van der Waals surface area contributed by atoms with E-state index in [1.165, 1.54) is 0 Å². The molecule has 6 nitrogen and oxygen atoms in total. The number of para-hydroxylation sites is 1. The van der Waals surface area contributed by atoms with Gasteiger partial charge in [-0.2, -0.15) is 0 Å². The van der Waals surface area contributed by atoms with E-state index in [2.05, 4.69) is 23.3 Å². The van der Waals surface area contributed by atoms with Crippen molar-refractivity contribution in [1.82, 2.24) is 19.8 Å². The van der Waals surface area contributed by atoms with E-state index in [1.807, 2.05) is 30.7 Å². The van der Waals surface area contributed by atoms with Crippen molar-refractivity contribution in [2.45, 2.75) is 45.7 Å². The van der Waals surface area contributed by atoms with Gasteiger partial charge in [-0.3, -0.25) is 9.59 Å². The van der Waals surface area contributed by atoms with E-state index in [0.29, 0.717) is 25.9 Å². The van der Waals surface area contributed by atoms with Gasteiger partial charge < -0.3 is 14.8 Å². The zero-order valence-electron chi connectivity index (χ0n) is 14.5. The summed E-state index contributed by atoms with van der Waals surface area (Å²) in [6.45, 7) is 5.03. The molecule has 0 spiro atoms. The molecule has 1 fully saturated rings. The molecule has 1 atom stereocenters. The first-order chi connectivity index (χ1) is 11.5. The monoisotopic (exact) mass is 328 g/mol. The van der Waals surface area contributed by atoms with Gasteiger partial charge in [0, 0.05) is 20.0 Å². The fourth-order valence-electron chi connectivity index (χ4n) is 3.50. The molecule has 128 valence electrons. The molecule has 0 aliphatic carbocycles. The van der Waals surface area contributed by atoms with Gasteiger partial charge in [-0.25, -0.2) is 4.98 Å². The number of nitrogens with one attached hydrogen (secondary N) is 1. The first-order valence-corrected chi connectivity index (χ1v) is 8.51. The van der Waals surface area contributed by atoms with Crippen LogP contribution < -0.4 is 5.32 Å². The van der Waals surface area contributed by atoms with E-state index >= 15 is 0 Å². The largest absolute Gasteiger partial charge is 0.347 e. The molecule has 0 unspecified atom stereocenters. The average Bonchev–Trinajstić information content (AvgIpc) is 3.11. The van der Waals surface area contributed by atoms with Crippen molar-refractivity contribution in [3.05, 3.63) is 29.6 Å². The number of rotatable bonds is 5. The maximum absolute atomic E-state index is 12.5. The van der Waals surface area contributed by atoms with Crippen molar-refractivity contribution in [3.63, 3.8) is 0 Å².